The van der Waals surface area contributed by atoms with Crippen LogP contribution in [0.2, 0.25) is 0 Å². The maximum atomic E-state index is 9.62. The molecule has 2 unspecified atom stereocenters. The van der Waals surface area contributed by atoms with Gasteiger partial charge in [0.1, 0.15) is 0 Å². The van der Waals surface area contributed by atoms with Gasteiger partial charge in [0.2, 0.25) is 0 Å². The molecule has 2 aliphatic carbocycles. The third-order valence-corrected chi connectivity index (χ3v) is 15.7. The summed E-state index contributed by atoms with van der Waals surface area (Å²) in [7, 11) is 0. The number of aliphatic imine (C=N–C) groups is 1. The van der Waals surface area contributed by atoms with Crippen LogP contribution in [0.5, 0.6) is 0 Å². The summed E-state index contributed by atoms with van der Waals surface area (Å²) < 4.78 is 5.05. The third kappa shape index (κ3) is 5.79. The Morgan fingerprint density at radius 2 is 1.31 bits per heavy atom. The number of benzene rings is 9. The van der Waals surface area contributed by atoms with E-state index in [1.165, 1.54) is 85.7 Å². The van der Waals surface area contributed by atoms with Crippen LogP contribution in [-0.2, 0) is 0 Å². The van der Waals surface area contributed by atoms with Crippen molar-refractivity contribution in [3.05, 3.63) is 229 Å². The predicted octanol–water partition coefficient (Wildman–Crippen LogP) is 16.9. The van der Waals surface area contributed by atoms with Gasteiger partial charge < -0.3 is 15.1 Å². The van der Waals surface area contributed by atoms with Gasteiger partial charge in [-0.2, -0.15) is 0 Å². The van der Waals surface area contributed by atoms with Crippen molar-refractivity contribution >= 4 is 109 Å². The molecular formula is C63H42N4S. The topological polar surface area (TPSA) is 52.6 Å². The molecule has 0 spiro atoms. The molecule has 0 saturated carbocycles. The molecule has 14 rings (SSSR count). The molecule has 0 aliphatic heterocycles. The summed E-state index contributed by atoms with van der Waals surface area (Å²) in [4.78, 5) is 5.22. The van der Waals surface area contributed by atoms with E-state index in [9.17, 15) is 5.41 Å². The van der Waals surface area contributed by atoms with Crippen molar-refractivity contribution in [1.82, 2.24) is 4.40 Å². The summed E-state index contributed by atoms with van der Waals surface area (Å²) in [5.41, 5.74) is 16.1. The standard InChI is InChI=1S/C63H42N4S/c1-37-14-5-6-17-42(37)52-32-39(27-30-54(52)65-36-66-62(38-15-3-2-4-16-38)60-46-21-9-7-18-43(46)44-19-8-10-22-47(44)61(60)64)40-26-29-50-58(34-40)68-57-31-28-41-33-56-53(35-51(41)59(50)57)49-24-13-23-48-45-20-11-12-25-55(45)67(56)63(48)49/h2-36,44,47,64H,1H3,(H,65,66)/b62-60-,64-61?. The number of fused-ring (bicyclic) bond motifs is 14. The zero-order valence-electron chi connectivity index (χ0n) is 37.2. The molecule has 320 valence electrons. The normalized spacial score (nSPS) is 16.6. The Morgan fingerprint density at radius 1 is 0.574 bits per heavy atom. The van der Waals surface area contributed by atoms with Gasteiger partial charge in [-0.1, -0.05) is 164 Å². The van der Waals surface area contributed by atoms with Crippen molar-refractivity contribution in [3.8, 4) is 22.3 Å². The van der Waals surface area contributed by atoms with E-state index < -0.39 is 0 Å². The lowest BCUT2D eigenvalue weighted by Crippen LogP contribution is -2.28. The highest BCUT2D eigenvalue weighted by Gasteiger charge is 2.36. The summed E-state index contributed by atoms with van der Waals surface area (Å²) in [6.07, 6.45) is 10.4. The largest absolute Gasteiger partial charge is 0.346 e. The van der Waals surface area contributed by atoms with Gasteiger partial charge in [0.25, 0.3) is 0 Å². The molecule has 9 aromatic carbocycles. The summed E-state index contributed by atoms with van der Waals surface area (Å²) >= 11 is 1.87. The number of anilines is 1. The number of aryl methyl sites for hydroxylation is 1. The second-order valence-corrected chi connectivity index (χ2v) is 19.4. The molecule has 2 N–H and O–H groups in total. The van der Waals surface area contributed by atoms with Crippen LogP contribution >= 0.6 is 11.3 Å². The zero-order chi connectivity index (χ0) is 45.0. The summed E-state index contributed by atoms with van der Waals surface area (Å²) in [5.74, 6) is 0.0826. The van der Waals surface area contributed by atoms with Gasteiger partial charge in [-0.05, 0) is 93.5 Å². The Bertz CT molecular complexity index is 4220. The number of hydrogen-bond acceptors (Lipinski definition) is 3. The van der Waals surface area contributed by atoms with E-state index in [1.54, 1.807) is 0 Å². The average molecular weight is 887 g/mol. The first-order valence-corrected chi connectivity index (χ1v) is 24.2. The minimum atomic E-state index is -0.0509. The van der Waals surface area contributed by atoms with Crippen molar-refractivity contribution in [2.75, 3.05) is 5.32 Å². The number of nitrogens with zero attached hydrogens (tertiary/aromatic N) is 2. The smallest absolute Gasteiger partial charge is 0.0931 e. The number of rotatable bonds is 6. The first-order valence-electron chi connectivity index (χ1n) is 23.4. The number of aromatic nitrogens is 1. The molecule has 12 aromatic rings. The second-order valence-electron chi connectivity index (χ2n) is 18.3. The minimum absolute atomic E-state index is 0.0509. The molecule has 0 bridgehead atoms. The van der Waals surface area contributed by atoms with E-state index in [-0.39, 0.29) is 11.8 Å². The van der Waals surface area contributed by atoms with Crippen LogP contribution in [0, 0.1) is 18.3 Å². The van der Waals surface area contributed by atoms with Crippen LogP contribution in [0.3, 0.4) is 0 Å². The van der Waals surface area contributed by atoms with Crippen LogP contribution in [0.4, 0.5) is 5.69 Å². The molecule has 0 amide bonds. The molecule has 2 aliphatic rings. The number of para-hydroxylation sites is 2. The molecule has 0 saturated heterocycles. The van der Waals surface area contributed by atoms with Gasteiger partial charge in [0.15, 0.2) is 0 Å². The number of hydrogen-bond donors (Lipinski definition) is 2. The van der Waals surface area contributed by atoms with Gasteiger partial charge in [-0.3, -0.25) is 0 Å². The maximum Gasteiger partial charge on any atom is 0.0931 e. The van der Waals surface area contributed by atoms with E-state index in [2.05, 4.69) is 205 Å². The summed E-state index contributed by atoms with van der Waals surface area (Å²) in [6.45, 7) is 2.18. The molecule has 3 aromatic heterocycles. The Balaban J connectivity index is 0.869. The highest BCUT2D eigenvalue weighted by atomic mass is 32.1. The first kappa shape index (κ1) is 38.8. The Hall–Kier alpha value is -8.38. The van der Waals surface area contributed by atoms with Gasteiger partial charge in [-0.15, -0.1) is 11.3 Å². The van der Waals surface area contributed by atoms with Crippen molar-refractivity contribution in [2.24, 2.45) is 10.9 Å². The number of nitrogens with one attached hydrogen (secondary N) is 2. The fraction of sp³-hybridized carbons (Fsp3) is 0.0476. The zero-order valence-corrected chi connectivity index (χ0v) is 38.0. The predicted molar refractivity (Wildman–Crippen MR) is 291 cm³/mol. The van der Waals surface area contributed by atoms with Gasteiger partial charge in [0.05, 0.1) is 28.6 Å². The van der Waals surface area contributed by atoms with Crippen molar-refractivity contribution in [1.29, 1.82) is 5.41 Å². The molecule has 0 radical (unpaired) electrons. The van der Waals surface area contributed by atoms with Crippen LogP contribution in [0.1, 0.15) is 28.2 Å². The summed E-state index contributed by atoms with van der Waals surface area (Å²) in [6, 6.07) is 66.2. The molecule has 4 nitrogen and oxygen atoms in total. The van der Waals surface area contributed by atoms with E-state index in [0.717, 1.165) is 44.8 Å². The lowest BCUT2D eigenvalue weighted by molar-refractivity contribution is 0.723. The quantitative estimate of drug-likeness (QED) is 0.127. The van der Waals surface area contributed by atoms with Crippen LogP contribution in [-0.4, -0.2) is 16.5 Å². The molecule has 5 heteroatoms. The first-order chi connectivity index (χ1) is 33.6. The fourth-order valence-corrected chi connectivity index (χ4v) is 12.6. The highest BCUT2D eigenvalue weighted by Crippen LogP contribution is 2.47. The molecule has 68 heavy (non-hydrogen) atoms. The van der Waals surface area contributed by atoms with Crippen molar-refractivity contribution in [3.63, 3.8) is 0 Å². The third-order valence-electron chi connectivity index (χ3n) is 14.6. The Kier molecular flexibility index (Phi) is 8.61. The van der Waals surface area contributed by atoms with E-state index in [0.29, 0.717) is 5.71 Å². The maximum absolute atomic E-state index is 9.62. The SMILES string of the molecule is Cc1ccccc1-c1cc(-c2ccc3c(c2)sc2ccc4cc5c(cc4c23)c2cccc3c4ccccc4n5c32)ccc1NC=N/C(=C1\C(=N)C2C=CC=CC2c2ccccc21)c1ccccc1. The molecule has 3 heterocycles. The van der Waals surface area contributed by atoms with Gasteiger partial charge >= 0.3 is 0 Å². The molecule has 0 fully saturated rings. The Labute approximate surface area is 397 Å². The number of allylic oxidation sites excluding steroid dienone is 5. The monoisotopic (exact) mass is 886 g/mol. The number of thiophene rings is 1. The molecular weight excluding hydrogens is 845 g/mol. The second kappa shape index (κ2) is 15.1. The lowest BCUT2D eigenvalue weighted by atomic mass is 9.69. The van der Waals surface area contributed by atoms with Crippen molar-refractivity contribution in [2.45, 2.75) is 12.8 Å². The average Bonchev–Trinajstić information content (AvgIpc) is 4.05. The van der Waals surface area contributed by atoms with Gasteiger partial charge in [-0.25, -0.2) is 4.99 Å². The van der Waals surface area contributed by atoms with E-state index >= 15 is 0 Å². The Morgan fingerprint density at radius 3 is 2.19 bits per heavy atom. The lowest BCUT2D eigenvalue weighted by Gasteiger charge is -2.34. The van der Waals surface area contributed by atoms with Crippen LogP contribution < -0.4 is 5.32 Å². The highest BCUT2D eigenvalue weighted by molar-refractivity contribution is 7.26. The fourth-order valence-electron chi connectivity index (χ4n) is 11.5. The van der Waals surface area contributed by atoms with E-state index in [4.69, 9.17) is 4.99 Å². The minimum Gasteiger partial charge on any atom is -0.346 e. The van der Waals surface area contributed by atoms with Crippen LogP contribution in [0.15, 0.2) is 211 Å². The molecule has 2 atom stereocenters. The van der Waals surface area contributed by atoms with Gasteiger partial charge in [0, 0.05) is 81.7 Å². The van der Waals surface area contributed by atoms with E-state index in [1.807, 2.05) is 35.9 Å². The summed E-state index contributed by atoms with van der Waals surface area (Å²) in [5, 5.41) is 23.7. The van der Waals surface area contributed by atoms with Crippen LogP contribution in [0.25, 0.3) is 103 Å². The van der Waals surface area contributed by atoms with Crippen molar-refractivity contribution < 1.29 is 0 Å².